The van der Waals surface area contributed by atoms with Gasteiger partial charge in [0.05, 0.1) is 17.1 Å². The van der Waals surface area contributed by atoms with Crippen molar-refractivity contribution in [2.24, 2.45) is 11.3 Å². The second-order valence-electron chi connectivity index (χ2n) is 11.7. The molecule has 2 aliphatic heterocycles. The van der Waals surface area contributed by atoms with Gasteiger partial charge in [-0.05, 0) is 75.4 Å². The van der Waals surface area contributed by atoms with Crippen LogP contribution in [0.5, 0.6) is 5.88 Å². The number of sulfonamides is 1. The molecule has 2 aromatic rings. The maximum absolute atomic E-state index is 13.4. The number of nitrogens with zero attached hydrogens (tertiary/aromatic N) is 4. The fraction of sp³-hybridized carbons (Fsp3) is 0.519. The molecule has 3 aliphatic rings. The second-order valence-corrected chi connectivity index (χ2v) is 13.4. The molecular formula is C27H35BN5O4S. The molecule has 0 unspecified atom stereocenters. The van der Waals surface area contributed by atoms with E-state index in [0.29, 0.717) is 42.0 Å². The van der Waals surface area contributed by atoms with Crippen LogP contribution in [0.2, 0.25) is 6.32 Å². The van der Waals surface area contributed by atoms with E-state index in [4.69, 9.17) is 9.72 Å². The molecule has 9 nitrogen and oxygen atoms in total. The van der Waals surface area contributed by atoms with Crippen LogP contribution >= 0.6 is 0 Å². The van der Waals surface area contributed by atoms with Gasteiger partial charge in [0.15, 0.2) is 5.82 Å². The van der Waals surface area contributed by atoms with E-state index >= 15 is 0 Å². The van der Waals surface area contributed by atoms with Crippen LogP contribution in [0.25, 0.3) is 5.82 Å². The molecule has 2 fully saturated rings. The molecule has 5 rings (SSSR count). The highest BCUT2D eigenvalue weighted by molar-refractivity contribution is 7.94. The van der Waals surface area contributed by atoms with E-state index in [2.05, 4.69) is 42.4 Å². The molecule has 1 saturated carbocycles. The van der Waals surface area contributed by atoms with Crippen molar-refractivity contribution < 1.29 is 17.9 Å². The van der Waals surface area contributed by atoms with E-state index in [1.54, 1.807) is 48.4 Å². The summed E-state index contributed by atoms with van der Waals surface area (Å²) < 4.78 is 35.6. The Labute approximate surface area is 225 Å². The first kappa shape index (κ1) is 26.5. The van der Waals surface area contributed by atoms with Crippen molar-refractivity contribution in [2.75, 3.05) is 18.1 Å². The summed E-state index contributed by atoms with van der Waals surface area (Å²) in [5.41, 5.74) is 0.351. The molecule has 0 aromatic carbocycles. The number of carbonyl (C=O) groups excluding carboxylic acids is 1. The van der Waals surface area contributed by atoms with Gasteiger partial charge in [-0.2, -0.15) is 0 Å². The standard InChI is InChI=1S/C27H35BN5O4S/c1-19-16-26(2,3)32(18-19)24-21(25(34)31-38(35,36)20-6-5-13-28-17-20)7-8-22(29-24)33-14-9-23(30-33)37-15-12-27(4)10-11-27/h5-9,13-14,19H,10-12,15-18H2,1-4H3,(H,31,34)/t19-/m0/s1. The molecular weight excluding hydrogens is 501 g/mol. The molecule has 2 aromatic heterocycles. The van der Waals surface area contributed by atoms with Crippen molar-refractivity contribution in [3.05, 3.63) is 53.0 Å². The van der Waals surface area contributed by atoms with Crippen LogP contribution in [0.15, 0.2) is 47.4 Å². The van der Waals surface area contributed by atoms with E-state index in [9.17, 15) is 13.2 Å². The van der Waals surface area contributed by atoms with Gasteiger partial charge in [0, 0.05) is 24.3 Å². The van der Waals surface area contributed by atoms with Gasteiger partial charge in [-0.25, -0.2) is 22.8 Å². The van der Waals surface area contributed by atoms with Crippen LogP contribution in [-0.4, -0.2) is 55.1 Å². The summed E-state index contributed by atoms with van der Waals surface area (Å²) in [7, 11) is -2.25. The maximum Gasteiger partial charge on any atom is 0.268 e. The van der Waals surface area contributed by atoms with E-state index in [0.717, 1.165) is 12.8 Å². The van der Waals surface area contributed by atoms with Gasteiger partial charge in [-0.1, -0.05) is 19.9 Å². The Morgan fingerprint density at radius 1 is 1.24 bits per heavy atom. The monoisotopic (exact) mass is 536 g/mol. The normalized spacial score (nSPS) is 21.5. The van der Waals surface area contributed by atoms with Gasteiger partial charge in [0.1, 0.15) is 13.1 Å². The number of anilines is 1. The molecule has 1 radical (unpaired) electrons. The van der Waals surface area contributed by atoms with Crippen molar-refractivity contribution >= 4 is 29.0 Å². The lowest BCUT2D eigenvalue weighted by molar-refractivity contribution is 0.0981. The average molecular weight is 536 g/mol. The predicted molar refractivity (Wildman–Crippen MR) is 148 cm³/mol. The van der Waals surface area contributed by atoms with Crippen molar-refractivity contribution in [2.45, 2.75) is 65.2 Å². The molecule has 1 amide bonds. The number of carbonyl (C=O) groups is 1. The molecule has 201 valence electrons. The van der Waals surface area contributed by atoms with Gasteiger partial charge in [-0.3, -0.25) is 4.79 Å². The van der Waals surface area contributed by atoms with E-state index in [1.807, 2.05) is 0 Å². The van der Waals surface area contributed by atoms with E-state index in [-0.39, 0.29) is 22.3 Å². The molecule has 0 bridgehead atoms. The zero-order valence-electron chi connectivity index (χ0n) is 22.5. The largest absolute Gasteiger partial charge is 0.477 e. The Bertz CT molecular complexity index is 1390. The van der Waals surface area contributed by atoms with Crippen LogP contribution in [0, 0.1) is 11.3 Å². The summed E-state index contributed by atoms with van der Waals surface area (Å²) in [6.45, 7) is 9.97. The van der Waals surface area contributed by atoms with Crippen LogP contribution in [-0.2, 0) is 10.0 Å². The SMILES string of the molecule is C[C@@H]1CN(c2nc(-n3ccc(OCCC4(C)CC4)n3)ccc2C(=O)NS(=O)(=O)C2=CC=C[B]C2)C(C)(C)C1. The quantitative estimate of drug-likeness (QED) is 0.482. The van der Waals surface area contributed by atoms with Gasteiger partial charge in [-0.15, -0.1) is 11.1 Å². The zero-order chi connectivity index (χ0) is 27.1. The summed E-state index contributed by atoms with van der Waals surface area (Å²) in [4.78, 5) is 20.5. The minimum Gasteiger partial charge on any atom is -0.477 e. The smallest absolute Gasteiger partial charge is 0.268 e. The summed E-state index contributed by atoms with van der Waals surface area (Å²) in [5, 5.41) is 4.53. The lowest BCUT2D eigenvalue weighted by atomic mass is 9.72. The first-order chi connectivity index (χ1) is 18.0. The number of ether oxygens (including phenoxy) is 1. The molecule has 38 heavy (non-hydrogen) atoms. The Morgan fingerprint density at radius 2 is 2.03 bits per heavy atom. The highest BCUT2D eigenvalue weighted by Crippen LogP contribution is 2.48. The van der Waals surface area contributed by atoms with Crippen LogP contribution in [0.3, 0.4) is 0 Å². The minimum absolute atomic E-state index is 0.148. The average Bonchev–Trinajstić information content (AvgIpc) is 3.29. The highest BCUT2D eigenvalue weighted by Gasteiger charge is 2.39. The third-order valence-corrected chi connectivity index (χ3v) is 9.16. The van der Waals surface area contributed by atoms with Crippen molar-refractivity contribution in [3.63, 3.8) is 0 Å². The number of nitrogens with one attached hydrogen (secondary N) is 1. The Balaban J connectivity index is 1.43. The number of hydrogen-bond donors (Lipinski definition) is 1. The molecule has 1 aliphatic carbocycles. The molecule has 1 N–H and O–H groups in total. The summed E-state index contributed by atoms with van der Waals surface area (Å²) in [5.74, 6) is 2.94. The maximum atomic E-state index is 13.4. The number of aromatic nitrogens is 3. The lowest BCUT2D eigenvalue weighted by Gasteiger charge is -2.34. The highest BCUT2D eigenvalue weighted by atomic mass is 32.2. The van der Waals surface area contributed by atoms with Crippen LogP contribution < -0.4 is 14.4 Å². The second kappa shape index (κ2) is 9.91. The van der Waals surface area contributed by atoms with E-state index in [1.165, 1.54) is 18.9 Å². The fourth-order valence-electron chi connectivity index (χ4n) is 5.22. The minimum atomic E-state index is -3.99. The molecule has 1 atom stereocenters. The molecule has 1 saturated heterocycles. The summed E-state index contributed by atoms with van der Waals surface area (Å²) >= 11 is 0. The lowest BCUT2D eigenvalue weighted by Crippen LogP contribution is -2.41. The van der Waals surface area contributed by atoms with Crippen molar-refractivity contribution in [1.29, 1.82) is 0 Å². The van der Waals surface area contributed by atoms with Crippen LogP contribution in [0.4, 0.5) is 5.82 Å². The van der Waals surface area contributed by atoms with Gasteiger partial charge < -0.3 is 9.64 Å². The fourth-order valence-corrected chi connectivity index (χ4v) is 6.28. The van der Waals surface area contributed by atoms with Crippen LogP contribution in [0.1, 0.15) is 63.7 Å². The molecule has 11 heteroatoms. The predicted octanol–water partition coefficient (Wildman–Crippen LogP) is 4.05. The van der Waals surface area contributed by atoms with E-state index < -0.39 is 15.9 Å². The number of allylic oxidation sites excluding steroid dienone is 3. The number of pyridine rings is 1. The zero-order valence-corrected chi connectivity index (χ0v) is 23.3. The molecule has 4 heterocycles. The third-order valence-electron chi connectivity index (χ3n) is 7.71. The number of rotatable bonds is 9. The van der Waals surface area contributed by atoms with Gasteiger partial charge in [0.25, 0.3) is 15.9 Å². The molecule has 0 spiro atoms. The van der Waals surface area contributed by atoms with Gasteiger partial charge in [0.2, 0.25) is 5.88 Å². The Morgan fingerprint density at radius 3 is 2.68 bits per heavy atom. The number of amides is 1. The van der Waals surface area contributed by atoms with Gasteiger partial charge >= 0.3 is 0 Å². The van der Waals surface area contributed by atoms with Crippen molar-refractivity contribution in [3.8, 4) is 11.7 Å². The van der Waals surface area contributed by atoms with Crippen molar-refractivity contribution in [1.82, 2.24) is 19.5 Å². The summed E-state index contributed by atoms with van der Waals surface area (Å²) in [6.07, 6.45) is 9.59. The summed E-state index contributed by atoms with van der Waals surface area (Å²) in [6, 6.07) is 5.10. The first-order valence-electron chi connectivity index (χ1n) is 13.2. The first-order valence-corrected chi connectivity index (χ1v) is 14.7. The Kier molecular flexibility index (Phi) is 6.92. The Hall–Kier alpha value is -3.08. The topological polar surface area (TPSA) is 106 Å². The third kappa shape index (κ3) is 5.67. The number of hydrogen-bond acceptors (Lipinski definition) is 7.